The van der Waals surface area contributed by atoms with Crippen molar-refractivity contribution in [3.63, 3.8) is 0 Å². The van der Waals surface area contributed by atoms with Gasteiger partial charge in [0.25, 0.3) is 0 Å². The zero-order valence-electron chi connectivity index (χ0n) is 14.4. The zero-order chi connectivity index (χ0) is 17.7. The average Bonchev–Trinajstić information content (AvgIpc) is 2.55. The molecular formula is C18H23NO4S. The highest BCUT2D eigenvalue weighted by Gasteiger charge is 2.17. The highest BCUT2D eigenvalue weighted by molar-refractivity contribution is 7.89. The summed E-state index contributed by atoms with van der Waals surface area (Å²) < 4.78 is 38.2. The molecule has 24 heavy (non-hydrogen) atoms. The fraction of sp³-hybridized carbons (Fsp3) is 0.333. The van der Waals surface area contributed by atoms with Crippen molar-refractivity contribution in [1.29, 1.82) is 0 Å². The number of para-hydroxylation sites is 1. The largest absolute Gasteiger partial charge is 0.496 e. The van der Waals surface area contributed by atoms with Crippen LogP contribution in [0, 0.1) is 13.8 Å². The molecule has 0 radical (unpaired) electrons. The number of sulfonamides is 1. The number of nitrogens with one attached hydrogen (secondary N) is 1. The van der Waals surface area contributed by atoms with Crippen molar-refractivity contribution in [2.75, 3.05) is 20.8 Å². The SMILES string of the molecule is COc1ccccc1CCNS(=O)(=O)c1cc(C)c(OC)c(C)c1. The van der Waals surface area contributed by atoms with E-state index in [1.807, 2.05) is 38.1 Å². The molecule has 0 amide bonds. The third-order valence-electron chi connectivity index (χ3n) is 3.83. The number of rotatable bonds is 7. The first kappa shape index (κ1) is 18.3. The summed E-state index contributed by atoms with van der Waals surface area (Å²) in [5.41, 5.74) is 2.55. The molecule has 0 atom stereocenters. The number of hydrogen-bond acceptors (Lipinski definition) is 4. The van der Waals surface area contributed by atoms with E-state index >= 15 is 0 Å². The fourth-order valence-corrected chi connectivity index (χ4v) is 3.90. The van der Waals surface area contributed by atoms with Gasteiger partial charge in [-0.05, 0) is 55.2 Å². The fourth-order valence-electron chi connectivity index (χ4n) is 2.70. The van der Waals surface area contributed by atoms with Gasteiger partial charge in [0.15, 0.2) is 0 Å². The normalized spacial score (nSPS) is 11.3. The summed E-state index contributed by atoms with van der Waals surface area (Å²) in [6.07, 6.45) is 0.553. The molecule has 0 aliphatic rings. The Hall–Kier alpha value is -2.05. The van der Waals surface area contributed by atoms with Crippen molar-refractivity contribution in [2.24, 2.45) is 0 Å². The monoisotopic (exact) mass is 349 g/mol. The van der Waals surface area contributed by atoms with Gasteiger partial charge in [-0.25, -0.2) is 13.1 Å². The van der Waals surface area contributed by atoms with E-state index < -0.39 is 10.0 Å². The lowest BCUT2D eigenvalue weighted by atomic mass is 10.1. The Morgan fingerprint density at radius 1 is 1.00 bits per heavy atom. The molecule has 5 nitrogen and oxygen atoms in total. The maximum Gasteiger partial charge on any atom is 0.240 e. The Labute approximate surface area is 143 Å². The minimum absolute atomic E-state index is 0.248. The molecule has 0 aliphatic carbocycles. The van der Waals surface area contributed by atoms with Crippen LogP contribution >= 0.6 is 0 Å². The molecule has 0 aromatic heterocycles. The Kier molecular flexibility index (Phi) is 5.85. The second-order valence-corrected chi connectivity index (χ2v) is 7.32. The topological polar surface area (TPSA) is 64.6 Å². The van der Waals surface area contributed by atoms with Crippen molar-refractivity contribution >= 4 is 10.0 Å². The molecule has 0 unspecified atom stereocenters. The van der Waals surface area contributed by atoms with E-state index in [0.717, 1.165) is 22.4 Å². The summed E-state index contributed by atoms with van der Waals surface area (Å²) in [6.45, 7) is 3.96. The molecule has 6 heteroatoms. The van der Waals surface area contributed by atoms with Gasteiger partial charge in [-0.15, -0.1) is 0 Å². The summed E-state index contributed by atoms with van der Waals surface area (Å²) in [7, 11) is -0.385. The summed E-state index contributed by atoms with van der Waals surface area (Å²) in [5.74, 6) is 1.47. The predicted molar refractivity (Wildman–Crippen MR) is 94.4 cm³/mol. The van der Waals surface area contributed by atoms with Crippen LogP contribution in [0.4, 0.5) is 0 Å². The number of aryl methyl sites for hydroxylation is 2. The van der Waals surface area contributed by atoms with Gasteiger partial charge in [-0.2, -0.15) is 0 Å². The van der Waals surface area contributed by atoms with Gasteiger partial charge in [0.1, 0.15) is 11.5 Å². The van der Waals surface area contributed by atoms with Gasteiger partial charge >= 0.3 is 0 Å². The molecule has 0 saturated carbocycles. The first-order valence-corrected chi connectivity index (χ1v) is 9.14. The van der Waals surface area contributed by atoms with Gasteiger partial charge in [-0.1, -0.05) is 18.2 Å². The molecule has 0 aliphatic heterocycles. The van der Waals surface area contributed by atoms with Gasteiger partial charge < -0.3 is 9.47 Å². The molecule has 0 fully saturated rings. The van der Waals surface area contributed by atoms with Gasteiger partial charge in [-0.3, -0.25) is 0 Å². The van der Waals surface area contributed by atoms with Crippen LogP contribution in [-0.4, -0.2) is 29.2 Å². The molecule has 0 saturated heterocycles. The molecule has 0 heterocycles. The Morgan fingerprint density at radius 2 is 1.62 bits per heavy atom. The van der Waals surface area contributed by atoms with Crippen LogP contribution in [0.2, 0.25) is 0 Å². The van der Waals surface area contributed by atoms with Crippen LogP contribution < -0.4 is 14.2 Å². The summed E-state index contributed by atoms with van der Waals surface area (Å²) in [5, 5.41) is 0. The van der Waals surface area contributed by atoms with Crippen LogP contribution in [0.3, 0.4) is 0 Å². The lowest BCUT2D eigenvalue weighted by Gasteiger charge is -2.13. The summed E-state index contributed by atoms with van der Waals surface area (Å²) in [6, 6.07) is 10.8. The zero-order valence-corrected chi connectivity index (χ0v) is 15.2. The van der Waals surface area contributed by atoms with Gasteiger partial charge in [0.05, 0.1) is 19.1 Å². The number of ether oxygens (including phenoxy) is 2. The van der Waals surface area contributed by atoms with Crippen LogP contribution in [0.5, 0.6) is 11.5 Å². The number of methoxy groups -OCH3 is 2. The molecule has 2 aromatic rings. The van der Waals surface area contributed by atoms with Crippen molar-refractivity contribution in [2.45, 2.75) is 25.2 Å². The van der Waals surface area contributed by atoms with E-state index in [4.69, 9.17) is 9.47 Å². The molecule has 0 bridgehead atoms. The van der Waals surface area contributed by atoms with E-state index in [9.17, 15) is 8.42 Å². The second-order valence-electron chi connectivity index (χ2n) is 5.55. The van der Waals surface area contributed by atoms with Gasteiger partial charge in [0, 0.05) is 6.54 Å². The van der Waals surface area contributed by atoms with E-state index in [0.29, 0.717) is 18.7 Å². The molecule has 2 aromatic carbocycles. The van der Waals surface area contributed by atoms with Crippen molar-refractivity contribution in [3.05, 3.63) is 53.1 Å². The Balaban J connectivity index is 2.12. The highest BCUT2D eigenvalue weighted by atomic mass is 32.2. The molecule has 0 spiro atoms. The minimum Gasteiger partial charge on any atom is -0.496 e. The second kappa shape index (κ2) is 7.68. The standard InChI is InChI=1S/C18H23NO4S/c1-13-11-16(12-14(2)18(13)23-4)24(20,21)19-10-9-15-7-5-6-8-17(15)22-3/h5-8,11-12,19H,9-10H2,1-4H3. The van der Waals surface area contributed by atoms with Crippen molar-refractivity contribution in [1.82, 2.24) is 4.72 Å². The van der Waals surface area contributed by atoms with E-state index in [2.05, 4.69) is 4.72 Å². The summed E-state index contributed by atoms with van der Waals surface area (Å²) in [4.78, 5) is 0.248. The molecule has 1 N–H and O–H groups in total. The third kappa shape index (κ3) is 4.07. The molecule has 2 rings (SSSR count). The number of hydrogen-bond donors (Lipinski definition) is 1. The maximum absolute atomic E-state index is 12.5. The van der Waals surface area contributed by atoms with Crippen molar-refractivity contribution < 1.29 is 17.9 Å². The predicted octanol–water partition coefficient (Wildman–Crippen LogP) is 2.84. The highest BCUT2D eigenvalue weighted by Crippen LogP contribution is 2.26. The first-order chi connectivity index (χ1) is 11.4. The smallest absolute Gasteiger partial charge is 0.240 e. The molecule has 130 valence electrons. The van der Waals surface area contributed by atoms with E-state index in [-0.39, 0.29) is 4.90 Å². The Morgan fingerprint density at radius 3 is 2.21 bits per heavy atom. The molecular weight excluding hydrogens is 326 g/mol. The van der Waals surface area contributed by atoms with E-state index in [1.54, 1.807) is 26.4 Å². The minimum atomic E-state index is -3.57. The third-order valence-corrected chi connectivity index (χ3v) is 5.27. The van der Waals surface area contributed by atoms with Crippen LogP contribution in [0.1, 0.15) is 16.7 Å². The Bertz CT molecular complexity index is 793. The average molecular weight is 349 g/mol. The van der Waals surface area contributed by atoms with E-state index in [1.165, 1.54) is 0 Å². The van der Waals surface area contributed by atoms with Gasteiger partial charge in [0.2, 0.25) is 10.0 Å². The van der Waals surface area contributed by atoms with Crippen LogP contribution in [0.25, 0.3) is 0 Å². The first-order valence-electron chi connectivity index (χ1n) is 7.66. The number of benzene rings is 2. The van der Waals surface area contributed by atoms with Crippen LogP contribution in [0.15, 0.2) is 41.3 Å². The van der Waals surface area contributed by atoms with Crippen LogP contribution in [-0.2, 0) is 16.4 Å². The summed E-state index contributed by atoms with van der Waals surface area (Å²) >= 11 is 0. The maximum atomic E-state index is 12.5. The van der Waals surface area contributed by atoms with Crippen molar-refractivity contribution in [3.8, 4) is 11.5 Å². The quantitative estimate of drug-likeness (QED) is 0.835. The lowest BCUT2D eigenvalue weighted by Crippen LogP contribution is -2.26. The lowest BCUT2D eigenvalue weighted by molar-refractivity contribution is 0.408.